The molecule has 3 aromatic carbocycles. The molecule has 1 unspecified atom stereocenters. The number of rotatable bonds is 11. The zero-order valence-electron chi connectivity index (χ0n) is 18.8. The summed E-state index contributed by atoms with van der Waals surface area (Å²) in [5.74, 6) is 0.182. The van der Waals surface area contributed by atoms with E-state index in [1.54, 1.807) is 49.6 Å². The number of hydrogen-bond donors (Lipinski definition) is 3. The fourth-order valence-corrected chi connectivity index (χ4v) is 4.65. The monoisotopic (exact) mass is 469 g/mol. The first-order chi connectivity index (χ1) is 15.9. The van der Waals surface area contributed by atoms with Crippen LogP contribution in [0.2, 0.25) is 0 Å². The highest BCUT2D eigenvalue weighted by atomic mass is 31.2. The van der Waals surface area contributed by atoms with Crippen LogP contribution in [-0.4, -0.2) is 27.2 Å². The summed E-state index contributed by atoms with van der Waals surface area (Å²) in [7, 11) is 0.632. The van der Waals surface area contributed by atoms with Gasteiger partial charge in [0.25, 0.3) is 0 Å². The van der Waals surface area contributed by atoms with Gasteiger partial charge >= 0.3 is 7.60 Å². The van der Waals surface area contributed by atoms with Crippen LogP contribution in [0.25, 0.3) is 0 Å². The second-order valence-electron chi connectivity index (χ2n) is 7.13. The first-order valence-electron chi connectivity index (χ1n) is 10.2. The number of amidine groups is 1. The molecule has 0 saturated heterocycles. The molecular formula is C24H28N3O5P. The lowest BCUT2D eigenvalue weighted by Crippen LogP contribution is -2.15. The van der Waals surface area contributed by atoms with Crippen LogP contribution in [0.5, 0.6) is 11.5 Å². The molecule has 8 nitrogen and oxygen atoms in total. The van der Waals surface area contributed by atoms with Crippen molar-refractivity contribution in [3.05, 3.63) is 89.5 Å². The van der Waals surface area contributed by atoms with E-state index in [0.717, 1.165) is 5.56 Å². The van der Waals surface area contributed by atoms with Gasteiger partial charge in [-0.15, -0.1) is 0 Å². The average Bonchev–Trinajstić information content (AvgIpc) is 2.86. The van der Waals surface area contributed by atoms with Crippen LogP contribution in [0.4, 0.5) is 5.69 Å². The van der Waals surface area contributed by atoms with Crippen LogP contribution >= 0.6 is 7.60 Å². The summed E-state index contributed by atoms with van der Waals surface area (Å²) < 4.78 is 35.4. The SMILES string of the molecule is COc1cc(C(Nc2ccc(C(=N)N)cc2)P(=O)(OC)OC)ccc1OCc1ccccc1. The van der Waals surface area contributed by atoms with Crippen molar-refractivity contribution in [2.24, 2.45) is 5.73 Å². The van der Waals surface area contributed by atoms with Gasteiger partial charge in [0.05, 0.1) is 7.11 Å². The van der Waals surface area contributed by atoms with Gasteiger partial charge in [-0.2, -0.15) is 0 Å². The molecule has 0 spiro atoms. The first kappa shape index (κ1) is 24.3. The third kappa shape index (κ3) is 5.93. The Labute approximate surface area is 193 Å². The molecule has 0 aliphatic heterocycles. The lowest BCUT2D eigenvalue weighted by atomic mass is 10.1. The molecule has 3 rings (SSSR count). The standard InChI is InChI=1S/C24H28N3O5P/c1-29-22-15-19(11-14-21(22)32-16-17-7-5-4-6-8-17)24(33(28,30-2)31-3)27-20-12-9-18(10-13-20)23(25)26/h4-15,24,27H,16H2,1-3H3,(H3,25,26). The van der Waals surface area contributed by atoms with E-state index in [9.17, 15) is 4.57 Å². The summed E-state index contributed by atoms with van der Waals surface area (Å²) in [6.07, 6.45) is 0. The third-order valence-electron chi connectivity index (χ3n) is 5.07. The predicted octanol–water partition coefficient (Wildman–Crippen LogP) is 5.15. The minimum atomic E-state index is -3.59. The topological polar surface area (TPSA) is 116 Å². The fourth-order valence-electron chi connectivity index (χ4n) is 3.24. The van der Waals surface area contributed by atoms with Gasteiger partial charge in [0, 0.05) is 25.5 Å². The summed E-state index contributed by atoms with van der Waals surface area (Å²) in [5.41, 5.74) is 8.42. The molecule has 0 amide bonds. The minimum Gasteiger partial charge on any atom is -0.493 e. The number of ether oxygens (including phenoxy) is 2. The van der Waals surface area contributed by atoms with E-state index in [4.69, 9.17) is 29.7 Å². The maximum absolute atomic E-state index is 13.4. The Morgan fingerprint density at radius 2 is 1.64 bits per heavy atom. The summed E-state index contributed by atoms with van der Waals surface area (Å²) in [4.78, 5) is 0. The summed E-state index contributed by atoms with van der Waals surface area (Å²) in [6.45, 7) is 0.384. The Morgan fingerprint density at radius 3 is 2.21 bits per heavy atom. The lowest BCUT2D eigenvalue weighted by Gasteiger charge is -2.27. The smallest absolute Gasteiger partial charge is 0.356 e. The zero-order valence-corrected chi connectivity index (χ0v) is 19.7. The van der Waals surface area contributed by atoms with Crippen molar-refractivity contribution in [1.82, 2.24) is 0 Å². The van der Waals surface area contributed by atoms with E-state index in [1.165, 1.54) is 14.2 Å². The largest absolute Gasteiger partial charge is 0.493 e. The fraction of sp³-hybridized carbons (Fsp3) is 0.208. The van der Waals surface area contributed by atoms with E-state index in [-0.39, 0.29) is 5.84 Å². The van der Waals surface area contributed by atoms with Crippen LogP contribution < -0.4 is 20.5 Å². The Bertz CT molecular complexity index is 1110. The number of hydrogen-bond acceptors (Lipinski definition) is 7. The Hall–Kier alpha value is -3.32. The summed E-state index contributed by atoms with van der Waals surface area (Å²) >= 11 is 0. The molecule has 0 heterocycles. The number of benzene rings is 3. The molecule has 33 heavy (non-hydrogen) atoms. The van der Waals surface area contributed by atoms with Gasteiger partial charge in [0.1, 0.15) is 12.4 Å². The van der Waals surface area contributed by atoms with E-state index in [1.807, 2.05) is 30.3 Å². The normalized spacial score (nSPS) is 12.1. The maximum atomic E-state index is 13.4. The number of nitrogen functional groups attached to an aromatic ring is 1. The second kappa shape index (κ2) is 11.0. The third-order valence-corrected chi connectivity index (χ3v) is 7.14. The molecule has 9 heteroatoms. The van der Waals surface area contributed by atoms with Crippen LogP contribution in [0.15, 0.2) is 72.8 Å². The van der Waals surface area contributed by atoms with Gasteiger partial charge in [0.2, 0.25) is 0 Å². The molecular weight excluding hydrogens is 441 g/mol. The number of anilines is 1. The van der Waals surface area contributed by atoms with Gasteiger partial charge < -0.3 is 29.6 Å². The predicted molar refractivity (Wildman–Crippen MR) is 129 cm³/mol. The molecule has 0 fully saturated rings. The van der Waals surface area contributed by atoms with Crippen molar-refractivity contribution in [1.29, 1.82) is 5.41 Å². The Kier molecular flexibility index (Phi) is 8.11. The van der Waals surface area contributed by atoms with Crippen LogP contribution in [0.1, 0.15) is 22.5 Å². The summed E-state index contributed by atoms with van der Waals surface area (Å²) in [5, 5.41) is 10.8. The number of nitrogens with two attached hydrogens (primary N) is 1. The zero-order chi connectivity index (χ0) is 23.8. The molecule has 174 valence electrons. The lowest BCUT2D eigenvalue weighted by molar-refractivity contribution is 0.268. The van der Waals surface area contributed by atoms with Crippen molar-refractivity contribution < 1.29 is 23.1 Å². The minimum absolute atomic E-state index is 0.0339. The van der Waals surface area contributed by atoms with Crippen molar-refractivity contribution >= 4 is 19.1 Å². The van der Waals surface area contributed by atoms with E-state index < -0.39 is 13.4 Å². The molecule has 0 aliphatic carbocycles. The van der Waals surface area contributed by atoms with Gasteiger partial charge in [-0.25, -0.2) is 0 Å². The average molecular weight is 469 g/mol. The van der Waals surface area contributed by atoms with Crippen LogP contribution in [-0.2, 0) is 20.2 Å². The van der Waals surface area contributed by atoms with Gasteiger partial charge in [0.15, 0.2) is 17.3 Å². The Balaban J connectivity index is 1.90. The van der Waals surface area contributed by atoms with Crippen molar-refractivity contribution in [2.45, 2.75) is 12.4 Å². The second-order valence-corrected chi connectivity index (χ2v) is 9.45. The molecule has 1 atom stereocenters. The van der Waals surface area contributed by atoms with Gasteiger partial charge in [-0.05, 0) is 47.5 Å². The highest BCUT2D eigenvalue weighted by molar-refractivity contribution is 7.54. The molecule has 0 aliphatic rings. The number of nitrogens with one attached hydrogen (secondary N) is 2. The number of methoxy groups -OCH3 is 1. The van der Waals surface area contributed by atoms with Gasteiger partial charge in [-0.1, -0.05) is 36.4 Å². The maximum Gasteiger partial charge on any atom is 0.356 e. The highest BCUT2D eigenvalue weighted by Gasteiger charge is 2.36. The molecule has 0 saturated carbocycles. The van der Waals surface area contributed by atoms with Crippen molar-refractivity contribution in [2.75, 3.05) is 26.6 Å². The van der Waals surface area contributed by atoms with Gasteiger partial charge in [-0.3, -0.25) is 9.97 Å². The highest BCUT2D eigenvalue weighted by Crippen LogP contribution is 2.60. The quantitative estimate of drug-likeness (QED) is 0.202. The van der Waals surface area contributed by atoms with E-state index in [0.29, 0.717) is 34.9 Å². The molecule has 0 radical (unpaired) electrons. The molecule has 0 aromatic heterocycles. The van der Waals surface area contributed by atoms with Crippen LogP contribution in [0.3, 0.4) is 0 Å². The summed E-state index contributed by atoms with van der Waals surface area (Å²) in [6, 6.07) is 22.0. The van der Waals surface area contributed by atoms with Crippen LogP contribution in [0, 0.1) is 5.41 Å². The van der Waals surface area contributed by atoms with E-state index >= 15 is 0 Å². The molecule has 4 N–H and O–H groups in total. The molecule has 0 bridgehead atoms. The van der Waals surface area contributed by atoms with Crippen molar-refractivity contribution in [3.8, 4) is 11.5 Å². The first-order valence-corrected chi connectivity index (χ1v) is 11.8. The van der Waals surface area contributed by atoms with Crippen molar-refractivity contribution in [3.63, 3.8) is 0 Å². The van der Waals surface area contributed by atoms with E-state index in [2.05, 4.69) is 5.32 Å². The molecule has 3 aromatic rings. The Morgan fingerprint density at radius 1 is 0.970 bits per heavy atom.